The Balaban J connectivity index is 2.14. The van der Waals surface area contributed by atoms with Gasteiger partial charge in [0.05, 0.1) is 16.8 Å². The Morgan fingerprint density at radius 3 is 2.56 bits per heavy atom. The van der Waals surface area contributed by atoms with E-state index in [1.807, 2.05) is 12.1 Å². The first-order valence-corrected chi connectivity index (χ1v) is 6.06. The van der Waals surface area contributed by atoms with Crippen LogP contribution in [0.15, 0.2) is 18.2 Å². The average molecular weight is 255 g/mol. The largest absolute Gasteiger partial charge is 0.370 e. The van der Waals surface area contributed by atoms with Crippen LogP contribution in [0.25, 0.3) is 0 Å². The van der Waals surface area contributed by atoms with E-state index in [-0.39, 0.29) is 5.92 Å². The van der Waals surface area contributed by atoms with Gasteiger partial charge < -0.3 is 4.90 Å². The van der Waals surface area contributed by atoms with E-state index >= 15 is 0 Å². The summed E-state index contributed by atoms with van der Waals surface area (Å²) in [4.78, 5) is 2.20. The number of nitrogens with zero attached hydrogens (tertiary/aromatic N) is 2. The molecule has 0 atom stereocenters. The predicted molar refractivity (Wildman–Crippen MR) is 67.0 cm³/mol. The van der Waals surface area contributed by atoms with Gasteiger partial charge >= 0.3 is 0 Å². The number of hydrogen-bond acceptors (Lipinski definition) is 2. The normalized spacial score (nSPS) is 17.2. The molecule has 2 rings (SSSR count). The van der Waals surface area contributed by atoms with Crippen LogP contribution < -0.4 is 4.90 Å². The second kappa shape index (κ2) is 4.95. The second-order valence-electron chi connectivity index (χ2n) is 3.99. The topological polar surface area (TPSA) is 27.0 Å². The summed E-state index contributed by atoms with van der Waals surface area (Å²) < 4.78 is 0. The SMILES string of the molecule is N#CC1CCN(c2cc(Cl)ccc2Cl)CC1. The third-order valence-corrected chi connectivity index (χ3v) is 3.48. The van der Waals surface area contributed by atoms with Crippen molar-refractivity contribution in [1.29, 1.82) is 5.26 Å². The van der Waals surface area contributed by atoms with Crippen molar-refractivity contribution >= 4 is 28.9 Å². The van der Waals surface area contributed by atoms with E-state index in [0.717, 1.165) is 36.6 Å². The number of hydrogen-bond donors (Lipinski definition) is 0. The molecule has 0 saturated carbocycles. The lowest BCUT2D eigenvalue weighted by molar-refractivity contribution is 0.488. The molecular formula is C12H12Cl2N2. The summed E-state index contributed by atoms with van der Waals surface area (Å²) in [6.07, 6.45) is 1.80. The van der Waals surface area contributed by atoms with E-state index in [1.165, 1.54) is 0 Å². The zero-order valence-electron chi connectivity index (χ0n) is 8.79. The van der Waals surface area contributed by atoms with Crippen LogP contribution in [0.5, 0.6) is 0 Å². The Bertz CT molecular complexity index is 418. The number of piperidine rings is 1. The quantitative estimate of drug-likeness (QED) is 0.764. The first-order valence-electron chi connectivity index (χ1n) is 5.30. The number of anilines is 1. The highest BCUT2D eigenvalue weighted by Crippen LogP contribution is 2.31. The molecule has 0 spiro atoms. The monoisotopic (exact) mass is 254 g/mol. The van der Waals surface area contributed by atoms with Gasteiger partial charge in [0.25, 0.3) is 0 Å². The van der Waals surface area contributed by atoms with Crippen LogP contribution in [-0.4, -0.2) is 13.1 Å². The van der Waals surface area contributed by atoms with Gasteiger partial charge in [0.1, 0.15) is 0 Å². The van der Waals surface area contributed by atoms with Crippen molar-refractivity contribution < 1.29 is 0 Å². The fourth-order valence-electron chi connectivity index (χ4n) is 1.98. The van der Waals surface area contributed by atoms with Crippen molar-refractivity contribution in [2.75, 3.05) is 18.0 Å². The molecule has 0 bridgehead atoms. The fraction of sp³-hybridized carbons (Fsp3) is 0.417. The maximum Gasteiger partial charge on any atom is 0.0657 e. The van der Waals surface area contributed by atoms with Gasteiger partial charge in [-0.05, 0) is 31.0 Å². The zero-order valence-corrected chi connectivity index (χ0v) is 10.3. The molecule has 1 saturated heterocycles. The minimum Gasteiger partial charge on any atom is -0.370 e. The molecule has 2 nitrogen and oxygen atoms in total. The summed E-state index contributed by atoms with van der Waals surface area (Å²) in [7, 11) is 0. The Morgan fingerprint density at radius 2 is 1.94 bits per heavy atom. The van der Waals surface area contributed by atoms with Gasteiger partial charge in [-0.3, -0.25) is 0 Å². The van der Waals surface area contributed by atoms with Gasteiger partial charge in [-0.25, -0.2) is 0 Å². The third kappa shape index (κ3) is 2.42. The number of nitriles is 1. The standard InChI is InChI=1S/C12H12Cl2N2/c13-10-1-2-11(14)12(7-10)16-5-3-9(8-15)4-6-16/h1-2,7,9H,3-6H2. The average Bonchev–Trinajstić information content (AvgIpc) is 2.32. The summed E-state index contributed by atoms with van der Waals surface area (Å²) in [6, 6.07) is 7.80. The molecule has 1 aromatic carbocycles. The van der Waals surface area contributed by atoms with Crippen molar-refractivity contribution in [3.8, 4) is 6.07 Å². The predicted octanol–water partition coefficient (Wildman–Crippen LogP) is 3.73. The zero-order chi connectivity index (χ0) is 11.5. The molecular weight excluding hydrogens is 243 g/mol. The van der Waals surface area contributed by atoms with E-state index in [0.29, 0.717) is 5.02 Å². The van der Waals surface area contributed by atoms with E-state index in [2.05, 4.69) is 11.0 Å². The van der Waals surface area contributed by atoms with Gasteiger partial charge in [-0.15, -0.1) is 0 Å². The molecule has 1 aliphatic heterocycles. The van der Waals surface area contributed by atoms with E-state index < -0.39 is 0 Å². The van der Waals surface area contributed by atoms with E-state index in [4.69, 9.17) is 28.5 Å². The van der Waals surface area contributed by atoms with Crippen LogP contribution in [0.1, 0.15) is 12.8 Å². The van der Waals surface area contributed by atoms with Crippen molar-refractivity contribution in [1.82, 2.24) is 0 Å². The molecule has 0 amide bonds. The second-order valence-corrected chi connectivity index (χ2v) is 4.83. The lowest BCUT2D eigenvalue weighted by Crippen LogP contribution is -2.33. The maximum absolute atomic E-state index is 8.83. The van der Waals surface area contributed by atoms with Crippen molar-refractivity contribution in [2.45, 2.75) is 12.8 Å². The van der Waals surface area contributed by atoms with Crippen molar-refractivity contribution in [3.63, 3.8) is 0 Å². The molecule has 0 N–H and O–H groups in total. The summed E-state index contributed by atoms with van der Waals surface area (Å²) in [5.74, 6) is 0.189. The Labute approximate surface area is 105 Å². The number of rotatable bonds is 1. The summed E-state index contributed by atoms with van der Waals surface area (Å²) >= 11 is 12.1. The van der Waals surface area contributed by atoms with Crippen LogP contribution in [0, 0.1) is 17.2 Å². The molecule has 0 aliphatic carbocycles. The molecule has 1 heterocycles. The smallest absolute Gasteiger partial charge is 0.0657 e. The Hall–Kier alpha value is -0.910. The molecule has 1 fully saturated rings. The van der Waals surface area contributed by atoms with Crippen LogP contribution in [0.3, 0.4) is 0 Å². The van der Waals surface area contributed by atoms with Crippen LogP contribution in [0.4, 0.5) is 5.69 Å². The van der Waals surface area contributed by atoms with Crippen LogP contribution in [0.2, 0.25) is 10.0 Å². The lowest BCUT2D eigenvalue weighted by Gasteiger charge is -2.31. The molecule has 1 aliphatic rings. The fourth-order valence-corrected chi connectivity index (χ4v) is 2.38. The van der Waals surface area contributed by atoms with E-state index in [9.17, 15) is 0 Å². The highest BCUT2D eigenvalue weighted by Gasteiger charge is 2.20. The molecule has 1 aromatic rings. The number of halogens is 2. The molecule has 0 radical (unpaired) electrons. The summed E-state index contributed by atoms with van der Waals surface area (Å²) in [5, 5.41) is 10.2. The molecule has 84 valence electrons. The van der Waals surface area contributed by atoms with Gasteiger partial charge in [0, 0.05) is 24.0 Å². The maximum atomic E-state index is 8.83. The highest BCUT2D eigenvalue weighted by molar-refractivity contribution is 6.35. The highest BCUT2D eigenvalue weighted by atomic mass is 35.5. The Kier molecular flexibility index (Phi) is 3.58. The first kappa shape index (κ1) is 11.6. The van der Waals surface area contributed by atoms with Crippen LogP contribution in [-0.2, 0) is 0 Å². The van der Waals surface area contributed by atoms with E-state index in [1.54, 1.807) is 6.07 Å². The van der Waals surface area contributed by atoms with Crippen molar-refractivity contribution in [3.05, 3.63) is 28.2 Å². The van der Waals surface area contributed by atoms with Gasteiger partial charge in [0.15, 0.2) is 0 Å². The van der Waals surface area contributed by atoms with Gasteiger partial charge in [-0.2, -0.15) is 5.26 Å². The Morgan fingerprint density at radius 1 is 1.25 bits per heavy atom. The van der Waals surface area contributed by atoms with Crippen molar-refractivity contribution in [2.24, 2.45) is 5.92 Å². The summed E-state index contributed by atoms with van der Waals surface area (Å²) in [5.41, 5.74) is 0.977. The molecule has 0 aromatic heterocycles. The van der Waals surface area contributed by atoms with Crippen LogP contribution >= 0.6 is 23.2 Å². The molecule has 0 unspecified atom stereocenters. The summed E-state index contributed by atoms with van der Waals surface area (Å²) in [6.45, 7) is 1.75. The molecule has 4 heteroatoms. The van der Waals surface area contributed by atoms with Gasteiger partial charge in [-0.1, -0.05) is 23.2 Å². The minimum atomic E-state index is 0.189. The van der Waals surface area contributed by atoms with Gasteiger partial charge in [0.2, 0.25) is 0 Å². The first-order chi connectivity index (χ1) is 7.70. The third-order valence-electron chi connectivity index (χ3n) is 2.93. The number of benzene rings is 1. The lowest BCUT2D eigenvalue weighted by atomic mass is 9.98. The minimum absolute atomic E-state index is 0.189. The molecule has 16 heavy (non-hydrogen) atoms.